The molecule has 42 heavy (non-hydrogen) atoms. The molecule has 7 rings (SSSR count). The average Bonchev–Trinajstić information content (AvgIpc) is 3.00. The Balaban J connectivity index is 1.53. The third-order valence-electron chi connectivity index (χ3n) is 8.02. The van der Waals surface area contributed by atoms with E-state index in [4.69, 9.17) is 18.9 Å². The second kappa shape index (κ2) is 13.8. The first kappa shape index (κ1) is 28.9. The first-order valence-corrected chi connectivity index (χ1v) is 14.7. The van der Waals surface area contributed by atoms with E-state index < -0.39 is 0 Å². The van der Waals surface area contributed by atoms with Crippen molar-refractivity contribution in [2.45, 2.75) is 0 Å². The van der Waals surface area contributed by atoms with E-state index in [0.717, 1.165) is 30.7 Å². The molecular formula is C32H38N4O6. The number of allylic oxidation sites excluding steroid dienone is 2. The van der Waals surface area contributed by atoms with Crippen LogP contribution in [0.5, 0.6) is 0 Å². The van der Waals surface area contributed by atoms with Crippen molar-refractivity contribution in [2.24, 2.45) is 0 Å². The normalized spacial score (nSPS) is 24.7. The second-order valence-corrected chi connectivity index (χ2v) is 10.7. The summed E-state index contributed by atoms with van der Waals surface area (Å²) in [4.78, 5) is 18.6. The van der Waals surface area contributed by atoms with Crippen LogP contribution in [0.15, 0.2) is 59.9 Å². The Morgan fingerprint density at radius 2 is 1.12 bits per heavy atom. The van der Waals surface area contributed by atoms with E-state index in [9.17, 15) is 10.1 Å². The van der Waals surface area contributed by atoms with E-state index in [2.05, 4.69) is 9.80 Å². The quantitative estimate of drug-likeness (QED) is 0.393. The molecule has 2 aromatic rings. The van der Waals surface area contributed by atoms with E-state index >= 15 is 0 Å². The van der Waals surface area contributed by atoms with Gasteiger partial charge in [-0.05, 0) is 22.6 Å². The van der Waals surface area contributed by atoms with Crippen LogP contribution in [0, 0.1) is 10.1 Å². The Morgan fingerprint density at radius 3 is 1.71 bits per heavy atom. The highest BCUT2D eigenvalue weighted by atomic mass is 16.5. The highest BCUT2D eigenvalue weighted by Crippen LogP contribution is 2.24. The highest BCUT2D eigenvalue weighted by Gasteiger charge is 2.33. The average molecular weight is 575 g/mol. The zero-order chi connectivity index (χ0) is 28.7. The summed E-state index contributed by atoms with van der Waals surface area (Å²) in [5.41, 5.74) is 1.85. The highest BCUT2D eigenvalue weighted by molar-refractivity contribution is 5.68. The number of ether oxygens (including phenoxy) is 4. The van der Waals surface area contributed by atoms with Gasteiger partial charge in [0.2, 0.25) is 0 Å². The lowest BCUT2D eigenvalue weighted by molar-refractivity contribution is -0.398. The zero-order valence-corrected chi connectivity index (χ0v) is 23.9. The van der Waals surface area contributed by atoms with Crippen LogP contribution in [0.1, 0.15) is 0 Å². The minimum Gasteiger partial charge on any atom is -0.754 e. The van der Waals surface area contributed by atoms with Crippen LogP contribution >= 0.6 is 0 Å². The van der Waals surface area contributed by atoms with Gasteiger partial charge in [-0.2, -0.15) is 0 Å². The maximum Gasteiger partial charge on any atom is 0.286 e. The lowest BCUT2D eigenvalue weighted by atomic mass is 10.0. The lowest BCUT2D eigenvalue weighted by Gasteiger charge is -2.38. The number of nitroso groups, excluding NO2 is 1. The summed E-state index contributed by atoms with van der Waals surface area (Å²) in [7, 11) is 0. The van der Waals surface area contributed by atoms with Crippen molar-refractivity contribution in [3.63, 3.8) is 0 Å². The summed E-state index contributed by atoms with van der Waals surface area (Å²) in [6.07, 6.45) is 3.67. The molecule has 0 saturated carbocycles. The summed E-state index contributed by atoms with van der Waals surface area (Å²) in [5, 5.41) is 18.8. The van der Waals surface area contributed by atoms with Crippen molar-refractivity contribution >= 4 is 23.5 Å². The molecule has 0 aliphatic carbocycles. The third kappa shape index (κ3) is 6.55. The molecule has 0 unspecified atom stereocenters. The molecule has 5 aliphatic rings. The summed E-state index contributed by atoms with van der Waals surface area (Å²) in [5.74, 6) is 0. The third-order valence-corrected chi connectivity index (χ3v) is 8.02. The molecule has 1 saturated heterocycles. The Labute approximate surface area is 245 Å². The predicted molar refractivity (Wildman–Crippen MR) is 159 cm³/mol. The van der Waals surface area contributed by atoms with E-state index in [0.29, 0.717) is 115 Å². The number of hydrogen-bond acceptors (Lipinski definition) is 9. The van der Waals surface area contributed by atoms with Gasteiger partial charge in [-0.15, -0.1) is 0 Å². The van der Waals surface area contributed by atoms with E-state index in [-0.39, 0.29) is 0 Å². The summed E-state index contributed by atoms with van der Waals surface area (Å²) >= 11 is 0. The predicted octanol–water partition coefficient (Wildman–Crippen LogP) is -0.321. The molecule has 0 atom stereocenters. The van der Waals surface area contributed by atoms with Crippen molar-refractivity contribution in [3.8, 4) is 0 Å². The zero-order valence-electron chi connectivity index (χ0n) is 23.9. The summed E-state index contributed by atoms with van der Waals surface area (Å²) in [6, 6.07) is 15.7. The molecule has 0 amide bonds. The Morgan fingerprint density at radius 1 is 0.619 bits per heavy atom. The summed E-state index contributed by atoms with van der Waals surface area (Å²) < 4.78 is 24.6. The molecule has 0 spiro atoms. The molecule has 0 aromatic heterocycles. The number of benzene rings is 2. The van der Waals surface area contributed by atoms with Crippen LogP contribution in [-0.2, 0) is 18.9 Å². The van der Waals surface area contributed by atoms with Gasteiger partial charge in [0.05, 0.1) is 69.4 Å². The molecule has 6 bridgehead atoms. The Hall–Kier alpha value is -3.22. The van der Waals surface area contributed by atoms with Gasteiger partial charge in [0, 0.05) is 54.6 Å². The molecular weight excluding hydrogens is 536 g/mol. The van der Waals surface area contributed by atoms with E-state index in [1.807, 2.05) is 60.7 Å². The van der Waals surface area contributed by atoms with Crippen molar-refractivity contribution < 1.29 is 23.7 Å². The lowest BCUT2D eigenvalue weighted by Crippen LogP contribution is -2.45. The monoisotopic (exact) mass is 574 g/mol. The van der Waals surface area contributed by atoms with Gasteiger partial charge in [0.25, 0.3) is 11.4 Å². The van der Waals surface area contributed by atoms with Gasteiger partial charge in [-0.3, -0.25) is 9.80 Å². The first-order chi connectivity index (χ1) is 20.7. The Kier molecular flexibility index (Phi) is 9.51. The molecule has 0 N–H and O–H groups in total. The number of fused-ring (bicyclic) bond motifs is 16. The minimum atomic E-state index is 0.332. The topological polar surface area (TPSA) is 89.8 Å². The fourth-order valence-corrected chi connectivity index (χ4v) is 5.73. The fourth-order valence-electron chi connectivity index (χ4n) is 5.73. The van der Waals surface area contributed by atoms with Gasteiger partial charge in [-0.25, -0.2) is 0 Å². The van der Waals surface area contributed by atoms with E-state index in [1.165, 1.54) is 0 Å². The first-order valence-electron chi connectivity index (χ1n) is 14.7. The second-order valence-electron chi connectivity index (χ2n) is 10.7. The molecule has 5 heterocycles. The molecule has 2 aromatic carbocycles. The van der Waals surface area contributed by atoms with Gasteiger partial charge in [-0.1, -0.05) is 42.5 Å². The SMILES string of the molecule is O=[N+]1C2=C3C=c4ccccc4=C(CN4CCOCCOCCN(CCOCCOCC4)CC1=c1ccccc1=C2)N3[O-]. The largest absolute Gasteiger partial charge is 0.754 e. The molecule has 1 fully saturated rings. The molecule has 5 aliphatic heterocycles. The number of nitrogens with zero attached hydrogens (tertiary/aromatic N) is 4. The fraction of sp³-hybridized carbons (Fsp3) is 0.438. The van der Waals surface area contributed by atoms with Crippen molar-refractivity contribution in [3.05, 3.63) is 90.9 Å². The van der Waals surface area contributed by atoms with Crippen LogP contribution in [-0.4, -0.2) is 112 Å². The van der Waals surface area contributed by atoms with Gasteiger partial charge in [0.1, 0.15) is 5.70 Å². The smallest absolute Gasteiger partial charge is 0.286 e. The minimum absolute atomic E-state index is 0.332. The van der Waals surface area contributed by atoms with Crippen molar-refractivity contribution in [1.29, 1.82) is 0 Å². The summed E-state index contributed by atoms with van der Waals surface area (Å²) in [6.45, 7) is 7.20. The standard InChI is InChI=1S/C32H38N4O6/c37-35-29-21-25-5-1-3-7-27(25)31(35)23-33-9-13-39-17-19-41-15-11-34(12-16-42-20-18-40-14-10-33)24-32-28-8-4-2-6-26(28)22-30(29)36(32)38/h1-8,21-22H,9-20,23-24H2. The number of rotatable bonds is 0. The van der Waals surface area contributed by atoms with Crippen LogP contribution in [0.2, 0.25) is 0 Å². The Bertz CT molecular complexity index is 1550. The molecule has 10 heteroatoms. The van der Waals surface area contributed by atoms with E-state index in [1.54, 1.807) is 0 Å². The maximum atomic E-state index is 14.3. The van der Waals surface area contributed by atoms with Gasteiger partial charge in [0.15, 0.2) is 0 Å². The van der Waals surface area contributed by atoms with Crippen molar-refractivity contribution in [1.82, 2.24) is 14.9 Å². The number of hydrogen-bond donors (Lipinski definition) is 0. The molecule has 222 valence electrons. The van der Waals surface area contributed by atoms with Crippen molar-refractivity contribution in [2.75, 3.05) is 92.1 Å². The van der Waals surface area contributed by atoms with Gasteiger partial charge >= 0.3 is 0 Å². The van der Waals surface area contributed by atoms with Crippen LogP contribution in [0.4, 0.5) is 0 Å². The van der Waals surface area contributed by atoms with Crippen LogP contribution in [0.3, 0.4) is 0 Å². The molecule has 10 nitrogen and oxygen atoms in total. The number of hydroxylamine groups is 2. The molecule has 0 radical (unpaired) electrons. The van der Waals surface area contributed by atoms with Crippen LogP contribution in [0.25, 0.3) is 23.5 Å². The van der Waals surface area contributed by atoms with Crippen LogP contribution < -0.4 is 20.9 Å². The van der Waals surface area contributed by atoms with Gasteiger partial charge < -0.3 is 29.2 Å². The maximum absolute atomic E-state index is 14.3.